The van der Waals surface area contributed by atoms with Gasteiger partial charge in [-0.05, 0) is 12.8 Å². The summed E-state index contributed by atoms with van der Waals surface area (Å²) in [4.78, 5) is 38.4. The number of hydrogen-bond acceptors (Lipinski definition) is 6. The van der Waals surface area contributed by atoms with Crippen molar-refractivity contribution in [3.8, 4) is 0 Å². The zero-order chi connectivity index (χ0) is 18.4. The number of esters is 2. The van der Waals surface area contributed by atoms with Crippen molar-refractivity contribution in [3.05, 3.63) is 12.2 Å². The summed E-state index contributed by atoms with van der Waals surface area (Å²) in [6.45, 7) is 4.27. The van der Waals surface area contributed by atoms with Gasteiger partial charge in [-0.3, -0.25) is 9.59 Å². The number of amides is 1. The highest BCUT2D eigenvalue weighted by atomic mass is 16.6. The Hall–Kier alpha value is -1.89. The van der Waals surface area contributed by atoms with Crippen LogP contribution in [0.2, 0.25) is 0 Å². The van der Waals surface area contributed by atoms with E-state index in [9.17, 15) is 14.4 Å². The van der Waals surface area contributed by atoms with Crippen molar-refractivity contribution in [2.75, 3.05) is 26.9 Å². The van der Waals surface area contributed by atoms with Gasteiger partial charge in [0, 0.05) is 19.6 Å². The van der Waals surface area contributed by atoms with Gasteiger partial charge in [0.15, 0.2) is 0 Å². The molecular weight excluding hydrogens is 326 g/mol. The van der Waals surface area contributed by atoms with Crippen LogP contribution >= 0.6 is 0 Å². The van der Waals surface area contributed by atoms with Crippen molar-refractivity contribution in [2.45, 2.75) is 45.3 Å². The summed E-state index contributed by atoms with van der Waals surface area (Å²) >= 11 is 0. The van der Waals surface area contributed by atoms with Crippen LogP contribution in [0.4, 0.5) is 0 Å². The van der Waals surface area contributed by atoms with E-state index in [0.717, 1.165) is 6.42 Å². The molecule has 0 aliphatic carbocycles. The number of carbonyl (C=O) groups is 3. The quantitative estimate of drug-likeness (QED) is 0.522. The second-order valence-corrected chi connectivity index (χ2v) is 6.67. The van der Waals surface area contributed by atoms with Crippen LogP contribution in [0.3, 0.4) is 0 Å². The zero-order valence-corrected chi connectivity index (χ0v) is 15.1. The van der Waals surface area contributed by atoms with Crippen LogP contribution in [0.5, 0.6) is 0 Å². The Bertz CT molecular complexity index is 532. The van der Waals surface area contributed by atoms with E-state index in [2.05, 4.69) is 0 Å². The maximum absolute atomic E-state index is 12.6. The average molecular weight is 353 g/mol. The van der Waals surface area contributed by atoms with E-state index in [1.54, 1.807) is 25.0 Å². The third-order valence-corrected chi connectivity index (χ3v) is 4.73. The van der Waals surface area contributed by atoms with Crippen LogP contribution in [-0.4, -0.2) is 61.8 Å². The summed E-state index contributed by atoms with van der Waals surface area (Å²) in [5.74, 6) is -1.48. The second-order valence-electron chi connectivity index (χ2n) is 6.67. The van der Waals surface area contributed by atoms with Crippen molar-refractivity contribution in [1.29, 1.82) is 0 Å². The van der Waals surface area contributed by atoms with Gasteiger partial charge >= 0.3 is 11.9 Å². The maximum Gasteiger partial charge on any atom is 0.328 e. The third-order valence-electron chi connectivity index (χ3n) is 4.73. The number of cyclic esters (lactones) is 2. The number of carbonyl (C=O) groups excluding carboxylic acids is 3. The average Bonchev–Trinajstić information content (AvgIpc) is 3.08. The lowest BCUT2D eigenvalue weighted by molar-refractivity contribution is -0.159. The maximum atomic E-state index is 12.6. The minimum Gasteiger partial charge on any atom is -0.465 e. The molecule has 0 saturated carbocycles. The molecule has 7 nitrogen and oxygen atoms in total. The van der Waals surface area contributed by atoms with Crippen LogP contribution < -0.4 is 0 Å². The van der Waals surface area contributed by atoms with E-state index >= 15 is 0 Å². The van der Waals surface area contributed by atoms with E-state index < -0.39 is 17.9 Å². The summed E-state index contributed by atoms with van der Waals surface area (Å²) in [6.07, 6.45) is 4.72. The number of methoxy groups -OCH3 is 1. The molecule has 7 heteroatoms. The standard InChI is InChI=1S/C18H27NO6/c1-12-6-4-8-16(20)24-10-13(2)17(21)19-9-5-7-14(19)18(22)25-11-15(12)23-3/h4,6,12-15H,5,7-11H2,1-3H3/b6-4+/t12-,13+,14+,15-/m1/s1. The summed E-state index contributed by atoms with van der Waals surface area (Å²) < 4.78 is 16.0. The molecule has 4 atom stereocenters. The first-order valence-electron chi connectivity index (χ1n) is 8.76. The van der Waals surface area contributed by atoms with Crippen molar-refractivity contribution in [1.82, 2.24) is 4.90 Å². The number of hydrogen-bond donors (Lipinski definition) is 0. The smallest absolute Gasteiger partial charge is 0.328 e. The number of ether oxygens (including phenoxy) is 3. The number of fused-ring (bicyclic) bond motifs is 1. The highest BCUT2D eigenvalue weighted by Gasteiger charge is 2.37. The molecule has 1 fully saturated rings. The van der Waals surface area contributed by atoms with Crippen molar-refractivity contribution in [2.24, 2.45) is 11.8 Å². The van der Waals surface area contributed by atoms with Gasteiger partial charge in [0.2, 0.25) is 5.91 Å². The molecular formula is C18H27NO6. The van der Waals surface area contributed by atoms with Gasteiger partial charge in [-0.15, -0.1) is 0 Å². The highest BCUT2D eigenvalue weighted by Crippen LogP contribution is 2.22. The topological polar surface area (TPSA) is 82.1 Å². The molecule has 2 aliphatic heterocycles. The SMILES string of the molecule is CO[C@@H]1COC(=O)[C@@H]2CCCN2C(=O)[C@@H](C)COC(=O)C/C=C/[C@H]1C. The lowest BCUT2D eigenvalue weighted by atomic mass is 10.0. The molecule has 1 amide bonds. The molecule has 140 valence electrons. The zero-order valence-electron chi connectivity index (χ0n) is 15.1. The van der Waals surface area contributed by atoms with Gasteiger partial charge in [-0.25, -0.2) is 4.79 Å². The van der Waals surface area contributed by atoms with Gasteiger partial charge in [0.1, 0.15) is 19.3 Å². The lowest BCUT2D eigenvalue weighted by Crippen LogP contribution is -2.45. The third kappa shape index (κ3) is 5.04. The molecule has 0 aromatic rings. The minimum absolute atomic E-state index is 0.0139. The number of rotatable bonds is 1. The predicted molar refractivity (Wildman–Crippen MR) is 89.5 cm³/mol. The first kappa shape index (κ1) is 19.4. The van der Waals surface area contributed by atoms with Crippen LogP contribution in [0.15, 0.2) is 12.2 Å². The molecule has 0 unspecified atom stereocenters. The van der Waals surface area contributed by atoms with E-state index in [1.165, 1.54) is 0 Å². The normalized spacial score (nSPS) is 33.7. The summed E-state index contributed by atoms with van der Waals surface area (Å²) in [5.41, 5.74) is 0. The lowest BCUT2D eigenvalue weighted by Gasteiger charge is -2.27. The molecule has 0 radical (unpaired) electrons. The van der Waals surface area contributed by atoms with E-state index in [-0.39, 0.29) is 43.5 Å². The van der Waals surface area contributed by atoms with Crippen LogP contribution in [0.1, 0.15) is 33.1 Å². The van der Waals surface area contributed by atoms with Crippen LogP contribution in [0.25, 0.3) is 0 Å². The summed E-state index contributed by atoms with van der Waals surface area (Å²) in [5, 5.41) is 0. The first-order chi connectivity index (χ1) is 11.9. The Morgan fingerprint density at radius 2 is 1.92 bits per heavy atom. The van der Waals surface area contributed by atoms with E-state index in [0.29, 0.717) is 13.0 Å². The monoisotopic (exact) mass is 353 g/mol. The van der Waals surface area contributed by atoms with Crippen molar-refractivity contribution < 1.29 is 28.6 Å². The molecule has 2 rings (SSSR count). The molecule has 2 heterocycles. The molecule has 0 aromatic carbocycles. The Labute approximate surface area is 148 Å². The Balaban J connectivity index is 2.16. The van der Waals surface area contributed by atoms with E-state index in [1.807, 2.05) is 13.0 Å². The van der Waals surface area contributed by atoms with Gasteiger partial charge in [-0.1, -0.05) is 26.0 Å². The Kier molecular flexibility index (Phi) is 6.99. The largest absolute Gasteiger partial charge is 0.465 e. The fourth-order valence-corrected chi connectivity index (χ4v) is 3.10. The fraction of sp³-hybridized carbons (Fsp3) is 0.722. The molecule has 25 heavy (non-hydrogen) atoms. The Morgan fingerprint density at radius 3 is 2.64 bits per heavy atom. The van der Waals surface area contributed by atoms with Gasteiger partial charge in [0.05, 0.1) is 18.4 Å². The van der Waals surface area contributed by atoms with Crippen LogP contribution in [0, 0.1) is 11.8 Å². The van der Waals surface area contributed by atoms with Gasteiger partial charge in [0.25, 0.3) is 0 Å². The second kappa shape index (κ2) is 8.99. The molecule has 0 aromatic heterocycles. The fourth-order valence-electron chi connectivity index (χ4n) is 3.10. The van der Waals surface area contributed by atoms with Crippen molar-refractivity contribution in [3.63, 3.8) is 0 Å². The van der Waals surface area contributed by atoms with Gasteiger partial charge in [-0.2, -0.15) is 0 Å². The molecule has 0 spiro atoms. The van der Waals surface area contributed by atoms with Gasteiger partial charge < -0.3 is 19.1 Å². The Morgan fingerprint density at radius 1 is 1.16 bits per heavy atom. The van der Waals surface area contributed by atoms with E-state index in [4.69, 9.17) is 14.2 Å². The molecule has 1 saturated heterocycles. The van der Waals surface area contributed by atoms with Crippen LogP contribution in [-0.2, 0) is 28.6 Å². The minimum atomic E-state index is -0.570. The predicted octanol–water partition coefficient (Wildman–Crippen LogP) is 1.31. The first-order valence-corrected chi connectivity index (χ1v) is 8.76. The summed E-state index contributed by atoms with van der Waals surface area (Å²) in [6, 6.07) is -0.570. The van der Waals surface area contributed by atoms with Crippen molar-refractivity contribution >= 4 is 17.8 Å². The number of nitrogens with zero attached hydrogens (tertiary/aromatic N) is 1. The summed E-state index contributed by atoms with van der Waals surface area (Å²) in [7, 11) is 1.55. The molecule has 0 bridgehead atoms. The highest BCUT2D eigenvalue weighted by molar-refractivity contribution is 5.86. The molecule has 0 N–H and O–H groups in total. The molecule has 2 aliphatic rings.